The zero-order chi connectivity index (χ0) is 20.4. The maximum absolute atomic E-state index is 12.2. The average Bonchev–Trinajstić information content (AvgIpc) is 2.75. The van der Waals surface area contributed by atoms with E-state index in [1.807, 2.05) is 30.3 Å². The van der Waals surface area contributed by atoms with Crippen LogP contribution in [-0.4, -0.2) is 36.7 Å². The van der Waals surface area contributed by atoms with Crippen LogP contribution in [0.4, 0.5) is 0 Å². The summed E-state index contributed by atoms with van der Waals surface area (Å²) in [5, 5.41) is 11.6. The van der Waals surface area contributed by atoms with Crippen molar-refractivity contribution in [3.63, 3.8) is 0 Å². The highest BCUT2D eigenvalue weighted by Crippen LogP contribution is 2.06. The van der Waals surface area contributed by atoms with Gasteiger partial charge in [-0.2, -0.15) is 0 Å². The lowest BCUT2D eigenvalue weighted by Crippen LogP contribution is -2.46. The second-order valence-electron chi connectivity index (χ2n) is 5.86. The highest BCUT2D eigenvalue weighted by molar-refractivity contribution is 5.96. The van der Waals surface area contributed by atoms with Gasteiger partial charge in [-0.3, -0.25) is 4.79 Å². The van der Waals surface area contributed by atoms with Gasteiger partial charge >= 0.3 is 5.97 Å². The molecule has 4 N–H and O–H groups in total. The smallest absolute Gasteiger partial charge is 0.329 e. The van der Waals surface area contributed by atoms with E-state index < -0.39 is 17.9 Å². The number of rotatable bonds is 6. The van der Waals surface area contributed by atoms with Crippen molar-refractivity contribution in [2.24, 2.45) is 5.73 Å². The number of nitrogens with one attached hydrogen (secondary N) is 1. The Morgan fingerprint density at radius 3 is 2.43 bits per heavy atom. The molecule has 2 rings (SSSR count). The van der Waals surface area contributed by atoms with Crippen molar-refractivity contribution < 1.29 is 19.4 Å². The lowest BCUT2D eigenvalue weighted by atomic mass is 10.1. The molecule has 1 unspecified atom stereocenters. The first-order chi connectivity index (χ1) is 13.6. The Hall–Kier alpha value is -3.40. The van der Waals surface area contributed by atoms with Crippen molar-refractivity contribution in [1.82, 2.24) is 5.32 Å². The minimum atomic E-state index is -0.881. The van der Waals surface area contributed by atoms with Crippen LogP contribution in [-0.2, 0) is 16.1 Å². The molecule has 0 bridgehead atoms. The van der Waals surface area contributed by atoms with E-state index >= 15 is 0 Å². The van der Waals surface area contributed by atoms with E-state index in [4.69, 9.17) is 10.8 Å². The van der Waals surface area contributed by atoms with Crippen molar-refractivity contribution in [2.75, 3.05) is 13.7 Å². The standard InChI is InChI=1S/C22H22N2O4/c1-28-22(27)20(14-23)24-21(26)19-12-10-17(11-13-19)5-3-2-4-16-6-8-18(15-25)9-7-16/h2,4,6-13,20,25H,14-15,23H2,1H3,(H,24,26). The lowest BCUT2D eigenvalue weighted by Gasteiger charge is -2.14. The molecular weight excluding hydrogens is 356 g/mol. The third-order valence-electron chi connectivity index (χ3n) is 3.91. The van der Waals surface area contributed by atoms with Crippen LogP contribution in [0.15, 0.2) is 54.6 Å². The van der Waals surface area contributed by atoms with E-state index in [1.165, 1.54) is 7.11 Å². The molecule has 2 aromatic rings. The minimum Gasteiger partial charge on any atom is -0.467 e. The van der Waals surface area contributed by atoms with Crippen molar-refractivity contribution in [3.05, 3.63) is 76.9 Å². The number of carbonyl (C=O) groups is 2. The molecule has 0 radical (unpaired) electrons. The maximum Gasteiger partial charge on any atom is 0.329 e. The summed E-state index contributed by atoms with van der Waals surface area (Å²) in [6.07, 6.45) is 3.60. The molecule has 0 aliphatic rings. The summed E-state index contributed by atoms with van der Waals surface area (Å²) in [5.41, 5.74) is 8.46. The number of benzene rings is 2. The zero-order valence-electron chi connectivity index (χ0n) is 15.5. The molecule has 0 saturated carbocycles. The van der Waals surface area contributed by atoms with Crippen LogP contribution < -0.4 is 11.1 Å². The second kappa shape index (κ2) is 10.7. The molecule has 2 aromatic carbocycles. The quantitative estimate of drug-likeness (QED) is 0.522. The van der Waals surface area contributed by atoms with Crippen LogP contribution in [0, 0.1) is 11.8 Å². The summed E-state index contributed by atoms with van der Waals surface area (Å²) in [6.45, 7) is -0.0234. The third-order valence-corrected chi connectivity index (χ3v) is 3.91. The largest absolute Gasteiger partial charge is 0.467 e. The fourth-order valence-electron chi connectivity index (χ4n) is 2.30. The van der Waals surface area contributed by atoms with Gasteiger partial charge in [-0.15, -0.1) is 0 Å². The van der Waals surface area contributed by atoms with Crippen LogP contribution >= 0.6 is 0 Å². The Kier molecular flexibility index (Phi) is 7.97. The van der Waals surface area contributed by atoms with Gasteiger partial charge in [-0.25, -0.2) is 4.79 Å². The zero-order valence-corrected chi connectivity index (χ0v) is 15.5. The van der Waals surface area contributed by atoms with Gasteiger partial charge < -0.3 is 20.9 Å². The molecule has 6 nitrogen and oxygen atoms in total. The molecular formula is C22H22N2O4. The summed E-state index contributed by atoms with van der Waals surface area (Å²) in [5.74, 6) is 4.92. The summed E-state index contributed by atoms with van der Waals surface area (Å²) < 4.78 is 4.59. The number of aliphatic hydroxyl groups excluding tert-OH is 1. The van der Waals surface area contributed by atoms with E-state index in [2.05, 4.69) is 21.9 Å². The molecule has 1 atom stereocenters. The Labute approximate surface area is 164 Å². The normalized spacial score (nSPS) is 11.4. The number of hydrogen-bond donors (Lipinski definition) is 3. The van der Waals surface area contributed by atoms with Crippen LogP contribution in [0.3, 0.4) is 0 Å². The van der Waals surface area contributed by atoms with E-state index in [-0.39, 0.29) is 13.2 Å². The van der Waals surface area contributed by atoms with E-state index in [0.717, 1.165) is 16.7 Å². The van der Waals surface area contributed by atoms with Gasteiger partial charge in [-0.05, 0) is 47.5 Å². The molecule has 0 spiro atoms. The monoisotopic (exact) mass is 378 g/mol. The molecule has 28 heavy (non-hydrogen) atoms. The SMILES string of the molecule is COC(=O)C(CN)NC(=O)c1ccc(C#CC=Cc2ccc(CO)cc2)cc1. The van der Waals surface area contributed by atoms with Crippen LogP contribution in [0.2, 0.25) is 0 Å². The van der Waals surface area contributed by atoms with Crippen molar-refractivity contribution >= 4 is 18.0 Å². The number of methoxy groups -OCH3 is 1. The molecule has 144 valence electrons. The number of allylic oxidation sites excluding steroid dienone is 1. The number of aliphatic hydroxyl groups is 1. The molecule has 6 heteroatoms. The maximum atomic E-state index is 12.2. The van der Waals surface area contributed by atoms with Crippen LogP contribution in [0.1, 0.15) is 27.0 Å². The van der Waals surface area contributed by atoms with Crippen molar-refractivity contribution in [3.8, 4) is 11.8 Å². The molecule has 0 fully saturated rings. The number of hydrogen-bond acceptors (Lipinski definition) is 5. The molecule has 1 amide bonds. The Morgan fingerprint density at radius 2 is 1.86 bits per heavy atom. The summed E-state index contributed by atoms with van der Waals surface area (Å²) in [7, 11) is 1.24. The Morgan fingerprint density at radius 1 is 1.18 bits per heavy atom. The van der Waals surface area contributed by atoms with Crippen molar-refractivity contribution in [2.45, 2.75) is 12.6 Å². The fraction of sp³-hybridized carbons (Fsp3) is 0.182. The van der Waals surface area contributed by atoms with E-state index in [0.29, 0.717) is 5.56 Å². The Bertz CT molecular complexity index is 891. The highest BCUT2D eigenvalue weighted by atomic mass is 16.5. The first kappa shape index (κ1) is 20.9. The van der Waals surface area contributed by atoms with Gasteiger partial charge in [0.2, 0.25) is 0 Å². The molecule has 0 heterocycles. The first-order valence-corrected chi connectivity index (χ1v) is 8.64. The Balaban J connectivity index is 1.97. The number of ether oxygens (including phenoxy) is 1. The number of carbonyl (C=O) groups excluding carboxylic acids is 2. The first-order valence-electron chi connectivity index (χ1n) is 8.64. The van der Waals surface area contributed by atoms with Gasteiger partial charge in [0.15, 0.2) is 0 Å². The predicted octanol–water partition coefficient (Wildman–Crippen LogP) is 1.47. The molecule has 0 aliphatic heterocycles. The minimum absolute atomic E-state index is 0.0212. The van der Waals surface area contributed by atoms with Crippen molar-refractivity contribution in [1.29, 1.82) is 0 Å². The van der Waals surface area contributed by atoms with Crippen LogP contribution in [0.5, 0.6) is 0 Å². The molecule has 0 aromatic heterocycles. The highest BCUT2D eigenvalue weighted by Gasteiger charge is 2.20. The van der Waals surface area contributed by atoms with Gasteiger partial charge in [0.05, 0.1) is 13.7 Å². The third kappa shape index (κ3) is 6.09. The molecule has 0 aliphatic carbocycles. The van der Waals surface area contributed by atoms with E-state index in [1.54, 1.807) is 30.3 Å². The topological polar surface area (TPSA) is 102 Å². The lowest BCUT2D eigenvalue weighted by molar-refractivity contribution is -0.142. The fourth-order valence-corrected chi connectivity index (χ4v) is 2.30. The summed E-state index contributed by atoms with van der Waals surface area (Å²) in [4.78, 5) is 23.7. The number of amides is 1. The van der Waals surface area contributed by atoms with Gasteiger partial charge in [0, 0.05) is 17.7 Å². The van der Waals surface area contributed by atoms with E-state index in [9.17, 15) is 9.59 Å². The predicted molar refractivity (Wildman–Crippen MR) is 107 cm³/mol. The second-order valence-corrected chi connectivity index (χ2v) is 5.86. The van der Waals surface area contributed by atoms with Gasteiger partial charge in [0.25, 0.3) is 5.91 Å². The average molecular weight is 378 g/mol. The van der Waals surface area contributed by atoms with Gasteiger partial charge in [-0.1, -0.05) is 36.1 Å². The van der Waals surface area contributed by atoms with Crippen LogP contribution in [0.25, 0.3) is 6.08 Å². The van der Waals surface area contributed by atoms with Gasteiger partial charge in [0.1, 0.15) is 6.04 Å². The summed E-state index contributed by atoms with van der Waals surface area (Å²) in [6, 6.07) is 13.3. The molecule has 0 saturated heterocycles. The number of nitrogens with two attached hydrogens (primary N) is 1. The number of esters is 1. The summed E-state index contributed by atoms with van der Waals surface area (Å²) >= 11 is 0.